The summed E-state index contributed by atoms with van der Waals surface area (Å²) in [5.74, 6) is -1.59. The number of amides is 1. The van der Waals surface area contributed by atoms with E-state index in [1.54, 1.807) is 0 Å². The zero-order chi connectivity index (χ0) is 11.5. The second-order valence-electron chi connectivity index (χ2n) is 3.64. The van der Waals surface area contributed by atoms with E-state index < -0.39 is 11.6 Å². The van der Waals surface area contributed by atoms with Gasteiger partial charge >= 0.3 is 0 Å². The van der Waals surface area contributed by atoms with Crippen molar-refractivity contribution in [3.8, 4) is 0 Å². The molecule has 16 heavy (non-hydrogen) atoms. The van der Waals surface area contributed by atoms with Crippen molar-refractivity contribution in [1.29, 1.82) is 0 Å². The summed E-state index contributed by atoms with van der Waals surface area (Å²) in [5, 5.41) is 3.52. The van der Waals surface area contributed by atoms with Gasteiger partial charge < -0.3 is 0 Å². The van der Waals surface area contributed by atoms with E-state index in [1.165, 1.54) is 6.07 Å². The molecule has 1 aromatic carbocycles. The number of nitrogens with zero attached hydrogens (tertiary/aromatic N) is 1. The topological polar surface area (TPSA) is 41.5 Å². The number of carbonyl (C=O) groups excluding carboxylic acids is 1. The van der Waals surface area contributed by atoms with E-state index in [0.29, 0.717) is 0 Å². The smallest absolute Gasteiger partial charge is 0.243 e. The standard InChI is InChI=1S/C11H10F2N2O/c12-9-2-1-3-10(13)8(9)6-14-15-11(16)7-4-5-7/h1-3,6-7H,4-5H2,(H,15,16)/b14-6+. The molecule has 0 aliphatic heterocycles. The number of benzene rings is 1. The van der Waals surface area contributed by atoms with Gasteiger partial charge in [-0.25, -0.2) is 14.2 Å². The number of hydrogen-bond donors (Lipinski definition) is 1. The van der Waals surface area contributed by atoms with Gasteiger partial charge in [-0.05, 0) is 25.0 Å². The Bertz CT molecular complexity index is 421. The molecule has 0 unspecified atom stereocenters. The summed E-state index contributed by atoms with van der Waals surface area (Å²) in [6, 6.07) is 3.53. The van der Waals surface area contributed by atoms with Crippen LogP contribution in [0.3, 0.4) is 0 Å². The van der Waals surface area contributed by atoms with Crippen molar-refractivity contribution in [1.82, 2.24) is 5.43 Å². The van der Waals surface area contributed by atoms with Gasteiger partial charge in [0, 0.05) is 5.92 Å². The molecule has 0 aromatic heterocycles. The van der Waals surface area contributed by atoms with E-state index in [1.807, 2.05) is 0 Å². The molecular weight excluding hydrogens is 214 g/mol. The number of carbonyl (C=O) groups is 1. The van der Waals surface area contributed by atoms with Gasteiger partial charge in [-0.15, -0.1) is 0 Å². The molecule has 1 N–H and O–H groups in total. The van der Waals surface area contributed by atoms with Gasteiger partial charge in [-0.2, -0.15) is 5.10 Å². The summed E-state index contributed by atoms with van der Waals surface area (Å²) >= 11 is 0. The summed E-state index contributed by atoms with van der Waals surface area (Å²) in [4.78, 5) is 11.2. The maximum atomic E-state index is 13.1. The zero-order valence-electron chi connectivity index (χ0n) is 8.41. The maximum Gasteiger partial charge on any atom is 0.243 e. The number of rotatable bonds is 3. The Balaban J connectivity index is 2.02. The van der Waals surface area contributed by atoms with Gasteiger partial charge in [0.25, 0.3) is 0 Å². The molecule has 5 heteroatoms. The number of nitrogens with one attached hydrogen (secondary N) is 1. The lowest BCUT2D eigenvalue weighted by atomic mass is 10.2. The third-order valence-corrected chi connectivity index (χ3v) is 2.32. The minimum absolute atomic E-state index is 0.0163. The van der Waals surface area contributed by atoms with Crippen molar-refractivity contribution >= 4 is 12.1 Å². The second kappa shape index (κ2) is 4.38. The minimum Gasteiger partial charge on any atom is -0.273 e. The lowest BCUT2D eigenvalue weighted by molar-refractivity contribution is -0.122. The molecule has 1 amide bonds. The molecule has 3 nitrogen and oxygen atoms in total. The van der Waals surface area contributed by atoms with Gasteiger partial charge in [-0.3, -0.25) is 4.79 Å². The van der Waals surface area contributed by atoms with Crippen LogP contribution in [0.5, 0.6) is 0 Å². The molecule has 0 atom stereocenters. The van der Waals surface area contributed by atoms with Crippen LogP contribution in [0.1, 0.15) is 18.4 Å². The van der Waals surface area contributed by atoms with Crippen molar-refractivity contribution < 1.29 is 13.6 Å². The van der Waals surface area contributed by atoms with E-state index in [2.05, 4.69) is 10.5 Å². The fourth-order valence-electron chi connectivity index (χ4n) is 1.23. The van der Waals surface area contributed by atoms with E-state index in [4.69, 9.17) is 0 Å². The summed E-state index contributed by atoms with van der Waals surface area (Å²) in [5.41, 5.74) is 1.99. The van der Waals surface area contributed by atoms with Crippen LogP contribution in [0.2, 0.25) is 0 Å². The third kappa shape index (κ3) is 2.42. The minimum atomic E-state index is -0.704. The predicted molar refractivity (Wildman–Crippen MR) is 54.8 cm³/mol. The Morgan fingerprint density at radius 2 is 2.00 bits per heavy atom. The van der Waals surface area contributed by atoms with Crippen LogP contribution >= 0.6 is 0 Å². The first kappa shape index (κ1) is 10.7. The Labute approximate surface area is 91.2 Å². The van der Waals surface area contributed by atoms with Crippen LogP contribution in [-0.2, 0) is 4.79 Å². The molecule has 0 saturated heterocycles. The average molecular weight is 224 g/mol. The van der Waals surface area contributed by atoms with E-state index in [9.17, 15) is 13.6 Å². The van der Waals surface area contributed by atoms with Crippen molar-refractivity contribution in [2.45, 2.75) is 12.8 Å². The number of hydrazone groups is 1. The molecule has 1 fully saturated rings. The van der Waals surface area contributed by atoms with Crippen LogP contribution in [-0.4, -0.2) is 12.1 Å². The highest BCUT2D eigenvalue weighted by molar-refractivity contribution is 5.84. The summed E-state index contributed by atoms with van der Waals surface area (Å²) in [7, 11) is 0. The largest absolute Gasteiger partial charge is 0.273 e. The summed E-state index contributed by atoms with van der Waals surface area (Å²) in [6.07, 6.45) is 2.69. The van der Waals surface area contributed by atoms with Crippen molar-refractivity contribution in [3.63, 3.8) is 0 Å². The highest BCUT2D eigenvalue weighted by atomic mass is 19.1. The zero-order valence-corrected chi connectivity index (χ0v) is 8.41. The molecule has 2 rings (SSSR count). The Hall–Kier alpha value is -1.78. The van der Waals surface area contributed by atoms with Gasteiger partial charge in [0.1, 0.15) is 11.6 Å². The normalized spacial score (nSPS) is 15.4. The molecule has 1 aliphatic carbocycles. The van der Waals surface area contributed by atoms with Crippen LogP contribution in [0.25, 0.3) is 0 Å². The van der Waals surface area contributed by atoms with Crippen LogP contribution < -0.4 is 5.43 Å². The van der Waals surface area contributed by atoms with E-state index in [0.717, 1.165) is 31.2 Å². The Morgan fingerprint density at radius 3 is 2.56 bits per heavy atom. The lowest BCUT2D eigenvalue weighted by Gasteiger charge is -1.98. The van der Waals surface area contributed by atoms with Crippen molar-refractivity contribution in [2.24, 2.45) is 11.0 Å². The first-order valence-corrected chi connectivity index (χ1v) is 4.95. The maximum absolute atomic E-state index is 13.1. The summed E-state index contributed by atoms with van der Waals surface area (Å²) < 4.78 is 26.2. The van der Waals surface area contributed by atoms with Gasteiger partial charge in [0.2, 0.25) is 5.91 Å². The van der Waals surface area contributed by atoms with Gasteiger partial charge in [-0.1, -0.05) is 6.07 Å². The first-order valence-electron chi connectivity index (χ1n) is 4.95. The third-order valence-electron chi connectivity index (χ3n) is 2.32. The highest BCUT2D eigenvalue weighted by Crippen LogP contribution is 2.28. The molecule has 0 heterocycles. The molecule has 0 spiro atoms. The van der Waals surface area contributed by atoms with E-state index >= 15 is 0 Å². The van der Waals surface area contributed by atoms with Crippen molar-refractivity contribution in [3.05, 3.63) is 35.4 Å². The number of halogens is 2. The molecule has 84 valence electrons. The molecule has 1 aliphatic rings. The first-order chi connectivity index (χ1) is 7.68. The second-order valence-corrected chi connectivity index (χ2v) is 3.64. The van der Waals surface area contributed by atoms with E-state index in [-0.39, 0.29) is 17.4 Å². The van der Waals surface area contributed by atoms with Gasteiger partial charge in [0.15, 0.2) is 0 Å². The molecule has 1 aromatic rings. The monoisotopic (exact) mass is 224 g/mol. The fourth-order valence-corrected chi connectivity index (χ4v) is 1.23. The summed E-state index contributed by atoms with van der Waals surface area (Å²) in [6.45, 7) is 0. The molecule has 1 saturated carbocycles. The SMILES string of the molecule is O=C(N/N=C/c1c(F)cccc1F)C1CC1. The fraction of sp³-hybridized carbons (Fsp3) is 0.273. The predicted octanol–water partition coefficient (Wildman–Crippen LogP) is 1.82. The Morgan fingerprint density at radius 1 is 1.38 bits per heavy atom. The highest BCUT2D eigenvalue weighted by Gasteiger charge is 2.29. The van der Waals surface area contributed by atoms with Crippen LogP contribution in [0.4, 0.5) is 8.78 Å². The van der Waals surface area contributed by atoms with Crippen LogP contribution in [0.15, 0.2) is 23.3 Å². The molecular formula is C11H10F2N2O. The van der Waals surface area contributed by atoms with Crippen molar-refractivity contribution in [2.75, 3.05) is 0 Å². The number of hydrogen-bond acceptors (Lipinski definition) is 2. The molecule has 0 radical (unpaired) electrons. The quantitative estimate of drug-likeness (QED) is 0.617. The van der Waals surface area contributed by atoms with Crippen LogP contribution in [0, 0.1) is 17.6 Å². The lowest BCUT2D eigenvalue weighted by Crippen LogP contribution is -2.19. The average Bonchev–Trinajstić information content (AvgIpc) is 3.05. The Kier molecular flexibility index (Phi) is 2.94. The molecule has 0 bridgehead atoms. The van der Waals surface area contributed by atoms with Gasteiger partial charge in [0.05, 0.1) is 11.8 Å².